The van der Waals surface area contributed by atoms with Crippen LogP contribution in [-0.4, -0.2) is 30.0 Å². The molecule has 5 heteroatoms. The molecule has 1 aromatic carbocycles. The third kappa shape index (κ3) is 5.79. The predicted molar refractivity (Wildman–Crippen MR) is 81.5 cm³/mol. The van der Waals surface area contributed by atoms with Crippen LogP contribution < -0.4 is 14.8 Å². The summed E-state index contributed by atoms with van der Waals surface area (Å²) < 4.78 is 11.0. The van der Waals surface area contributed by atoms with Crippen molar-refractivity contribution in [2.75, 3.05) is 19.8 Å². The van der Waals surface area contributed by atoms with Crippen molar-refractivity contribution in [3.05, 3.63) is 48.2 Å². The second-order valence-corrected chi connectivity index (χ2v) is 4.55. The molecule has 0 aliphatic carbocycles. The van der Waals surface area contributed by atoms with Gasteiger partial charge < -0.3 is 14.8 Å². The second-order valence-electron chi connectivity index (χ2n) is 4.55. The quantitative estimate of drug-likeness (QED) is 0.718. The van der Waals surface area contributed by atoms with E-state index in [9.17, 15) is 0 Å². The summed E-state index contributed by atoms with van der Waals surface area (Å²) in [6.07, 6.45) is 1.11. The summed E-state index contributed by atoms with van der Waals surface area (Å²) in [5, 5.41) is 11.4. The molecular formula is C16H21N3O2. The number of rotatable bonds is 9. The van der Waals surface area contributed by atoms with Gasteiger partial charge in [0.15, 0.2) is 0 Å². The molecule has 112 valence electrons. The van der Waals surface area contributed by atoms with Crippen LogP contribution in [0.15, 0.2) is 42.5 Å². The van der Waals surface area contributed by atoms with E-state index < -0.39 is 0 Å². The molecule has 0 fully saturated rings. The van der Waals surface area contributed by atoms with Crippen molar-refractivity contribution >= 4 is 0 Å². The average molecular weight is 287 g/mol. The fourth-order valence-electron chi connectivity index (χ4n) is 1.73. The Kier molecular flexibility index (Phi) is 6.48. The Bertz CT molecular complexity index is 503. The molecule has 1 N–H and O–H groups in total. The van der Waals surface area contributed by atoms with Gasteiger partial charge in [0, 0.05) is 12.6 Å². The molecule has 0 aliphatic heterocycles. The molecule has 1 heterocycles. The Morgan fingerprint density at radius 1 is 0.952 bits per heavy atom. The van der Waals surface area contributed by atoms with Crippen molar-refractivity contribution in [1.82, 2.24) is 15.5 Å². The molecule has 0 unspecified atom stereocenters. The predicted octanol–water partition coefficient (Wildman–Crippen LogP) is 2.43. The first-order valence-electron chi connectivity index (χ1n) is 7.22. The highest BCUT2D eigenvalue weighted by molar-refractivity contribution is 5.20. The summed E-state index contributed by atoms with van der Waals surface area (Å²) in [5.41, 5.74) is 0.913. The fourth-order valence-corrected chi connectivity index (χ4v) is 1.73. The van der Waals surface area contributed by atoms with Gasteiger partial charge in [0.1, 0.15) is 19.0 Å². The Hall–Kier alpha value is -2.14. The SMILES string of the molecule is CCCNCc1ccc(OCCOc2ccccc2)nn1. The zero-order valence-electron chi connectivity index (χ0n) is 12.3. The summed E-state index contributed by atoms with van der Waals surface area (Å²) in [7, 11) is 0. The van der Waals surface area contributed by atoms with Crippen LogP contribution in [0.3, 0.4) is 0 Å². The lowest BCUT2D eigenvalue weighted by Crippen LogP contribution is -2.15. The molecule has 21 heavy (non-hydrogen) atoms. The van der Waals surface area contributed by atoms with E-state index in [1.54, 1.807) is 0 Å². The zero-order valence-corrected chi connectivity index (χ0v) is 12.3. The number of para-hydroxylation sites is 1. The van der Waals surface area contributed by atoms with Gasteiger partial charge in [-0.25, -0.2) is 0 Å². The van der Waals surface area contributed by atoms with E-state index in [0.717, 1.165) is 31.0 Å². The number of nitrogens with one attached hydrogen (secondary N) is 1. The van der Waals surface area contributed by atoms with Crippen molar-refractivity contribution in [2.45, 2.75) is 19.9 Å². The number of aromatic nitrogens is 2. The third-order valence-corrected chi connectivity index (χ3v) is 2.77. The Morgan fingerprint density at radius 2 is 1.76 bits per heavy atom. The summed E-state index contributed by atoms with van der Waals surface area (Å²) in [6, 6.07) is 13.4. The molecule has 2 rings (SSSR count). The van der Waals surface area contributed by atoms with Gasteiger partial charge in [0.2, 0.25) is 5.88 Å². The Labute approximate surface area is 125 Å². The lowest BCUT2D eigenvalue weighted by Gasteiger charge is -2.07. The van der Waals surface area contributed by atoms with Crippen LogP contribution in [0.4, 0.5) is 0 Å². The molecule has 0 saturated heterocycles. The van der Waals surface area contributed by atoms with Crippen molar-refractivity contribution in [2.24, 2.45) is 0 Å². The molecule has 0 radical (unpaired) electrons. The normalized spacial score (nSPS) is 10.3. The highest BCUT2D eigenvalue weighted by Gasteiger charge is 1.99. The maximum absolute atomic E-state index is 5.53. The minimum atomic E-state index is 0.441. The average Bonchev–Trinajstić information content (AvgIpc) is 2.54. The van der Waals surface area contributed by atoms with E-state index in [1.165, 1.54) is 0 Å². The van der Waals surface area contributed by atoms with Gasteiger partial charge in [0.05, 0.1) is 5.69 Å². The molecule has 5 nitrogen and oxygen atoms in total. The highest BCUT2D eigenvalue weighted by Crippen LogP contribution is 2.08. The van der Waals surface area contributed by atoms with Gasteiger partial charge in [-0.1, -0.05) is 25.1 Å². The van der Waals surface area contributed by atoms with Crippen molar-refractivity contribution in [3.8, 4) is 11.6 Å². The topological polar surface area (TPSA) is 56.3 Å². The van der Waals surface area contributed by atoms with Gasteiger partial charge in [-0.2, -0.15) is 5.10 Å². The van der Waals surface area contributed by atoms with Gasteiger partial charge in [-0.05, 0) is 31.2 Å². The van der Waals surface area contributed by atoms with E-state index in [0.29, 0.717) is 19.1 Å². The standard InChI is InChI=1S/C16H21N3O2/c1-2-10-17-13-14-8-9-16(19-18-14)21-12-11-20-15-6-4-3-5-7-15/h3-9,17H,2,10-13H2,1H3. The molecule has 1 aromatic heterocycles. The number of hydrogen-bond acceptors (Lipinski definition) is 5. The van der Waals surface area contributed by atoms with E-state index in [4.69, 9.17) is 9.47 Å². The van der Waals surface area contributed by atoms with E-state index in [1.807, 2.05) is 42.5 Å². The van der Waals surface area contributed by atoms with Gasteiger partial charge in [0.25, 0.3) is 0 Å². The third-order valence-electron chi connectivity index (χ3n) is 2.77. The number of benzene rings is 1. The maximum atomic E-state index is 5.53. The molecule has 0 amide bonds. The number of ether oxygens (including phenoxy) is 2. The van der Waals surface area contributed by atoms with E-state index in [-0.39, 0.29) is 0 Å². The van der Waals surface area contributed by atoms with Gasteiger partial charge >= 0.3 is 0 Å². The molecule has 0 aliphatic rings. The summed E-state index contributed by atoms with van der Waals surface area (Å²) in [6.45, 7) is 4.77. The van der Waals surface area contributed by atoms with Gasteiger partial charge in [-0.3, -0.25) is 0 Å². The minimum absolute atomic E-state index is 0.441. The smallest absolute Gasteiger partial charge is 0.233 e. The zero-order chi connectivity index (χ0) is 14.8. The molecular weight excluding hydrogens is 266 g/mol. The van der Waals surface area contributed by atoms with Crippen LogP contribution in [0.1, 0.15) is 19.0 Å². The van der Waals surface area contributed by atoms with Crippen LogP contribution in [-0.2, 0) is 6.54 Å². The summed E-state index contributed by atoms with van der Waals surface area (Å²) >= 11 is 0. The Balaban J connectivity index is 1.66. The monoisotopic (exact) mass is 287 g/mol. The van der Waals surface area contributed by atoms with Crippen molar-refractivity contribution in [1.29, 1.82) is 0 Å². The van der Waals surface area contributed by atoms with Crippen LogP contribution in [0.5, 0.6) is 11.6 Å². The summed E-state index contributed by atoms with van der Waals surface area (Å²) in [5.74, 6) is 1.36. The fraction of sp³-hybridized carbons (Fsp3) is 0.375. The molecule has 0 saturated carbocycles. The maximum Gasteiger partial charge on any atom is 0.233 e. The van der Waals surface area contributed by atoms with E-state index in [2.05, 4.69) is 22.4 Å². The minimum Gasteiger partial charge on any atom is -0.490 e. The van der Waals surface area contributed by atoms with Crippen LogP contribution in [0.2, 0.25) is 0 Å². The van der Waals surface area contributed by atoms with Crippen LogP contribution >= 0.6 is 0 Å². The highest BCUT2D eigenvalue weighted by atomic mass is 16.5. The first-order chi connectivity index (χ1) is 10.4. The first-order valence-corrected chi connectivity index (χ1v) is 7.22. The summed E-state index contributed by atoms with van der Waals surface area (Å²) in [4.78, 5) is 0. The molecule has 0 atom stereocenters. The van der Waals surface area contributed by atoms with Crippen molar-refractivity contribution in [3.63, 3.8) is 0 Å². The molecule has 2 aromatic rings. The van der Waals surface area contributed by atoms with Crippen molar-refractivity contribution < 1.29 is 9.47 Å². The van der Waals surface area contributed by atoms with E-state index >= 15 is 0 Å². The Morgan fingerprint density at radius 3 is 2.48 bits per heavy atom. The largest absolute Gasteiger partial charge is 0.490 e. The van der Waals surface area contributed by atoms with Gasteiger partial charge in [-0.15, -0.1) is 5.10 Å². The van der Waals surface area contributed by atoms with Crippen LogP contribution in [0.25, 0.3) is 0 Å². The van der Waals surface area contributed by atoms with Crippen LogP contribution in [0, 0.1) is 0 Å². The number of hydrogen-bond donors (Lipinski definition) is 1. The number of nitrogens with zero attached hydrogens (tertiary/aromatic N) is 2. The second kappa shape index (κ2) is 8.92. The lowest BCUT2D eigenvalue weighted by atomic mass is 10.3. The molecule has 0 bridgehead atoms. The molecule has 0 spiro atoms. The first kappa shape index (κ1) is 15.3. The lowest BCUT2D eigenvalue weighted by molar-refractivity contribution is 0.210.